The molecule has 25 heavy (non-hydrogen) atoms. The zero-order valence-electron chi connectivity index (χ0n) is 14.4. The first-order valence-electron chi connectivity index (χ1n) is 8.28. The standard InChI is InChI=1S/C18H21FN2O4/c1-10-8-15(24)21(14-6-4-13(19)5-7-14)18(10)9-20(17(18)25)16(11(2)22)12(3)23/h4-7,10-11,16,22H,8-9H2,1-3H3/t10?,11-,16?,18?/m1/s1. The van der Waals surface area contributed by atoms with Crippen LogP contribution in [0.2, 0.25) is 0 Å². The highest BCUT2D eigenvalue weighted by molar-refractivity contribution is 6.11. The molecule has 0 radical (unpaired) electrons. The van der Waals surface area contributed by atoms with Gasteiger partial charge in [0.1, 0.15) is 17.4 Å². The van der Waals surface area contributed by atoms with Crippen molar-refractivity contribution < 1.29 is 23.9 Å². The second-order valence-electron chi connectivity index (χ2n) is 6.96. The van der Waals surface area contributed by atoms with Crippen LogP contribution in [0.4, 0.5) is 10.1 Å². The van der Waals surface area contributed by atoms with Gasteiger partial charge in [0.05, 0.1) is 12.6 Å². The molecule has 2 heterocycles. The molecule has 1 N–H and O–H groups in total. The van der Waals surface area contributed by atoms with Crippen LogP contribution in [0.5, 0.6) is 0 Å². The summed E-state index contributed by atoms with van der Waals surface area (Å²) in [4.78, 5) is 40.1. The Balaban J connectivity index is 1.97. The maximum atomic E-state index is 13.2. The summed E-state index contributed by atoms with van der Waals surface area (Å²) >= 11 is 0. The van der Waals surface area contributed by atoms with Crippen LogP contribution in [0.25, 0.3) is 0 Å². The largest absolute Gasteiger partial charge is 0.391 e. The first kappa shape index (κ1) is 17.5. The highest BCUT2D eigenvalue weighted by Gasteiger charge is 2.66. The van der Waals surface area contributed by atoms with Gasteiger partial charge in [0.15, 0.2) is 5.78 Å². The molecule has 2 fully saturated rings. The lowest BCUT2D eigenvalue weighted by molar-refractivity contribution is -0.164. The van der Waals surface area contributed by atoms with Crippen LogP contribution in [0, 0.1) is 11.7 Å². The fraction of sp³-hybridized carbons (Fsp3) is 0.500. The summed E-state index contributed by atoms with van der Waals surface area (Å²) in [5.74, 6) is -1.52. The van der Waals surface area contributed by atoms with Crippen LogP contribution in [0.1, 0.15) is 27.2 Å². The van der Waals surface area contributed by atoms with E-state index in [1.807, 2.05) is 6.92 Å². The van der Waals surface area contributed by atoms with Crippen molar-refractivity contribution in [2.45, 2.75) is 44.9 Å². The maximum Gasteiger partial charge on any atom is 0.251 e. The molecule has 2 amide bonds. The second kappa shape index (κ2) is 5.91. The summed E-state index contributed by atoms with van der Waals surface area (Å²) in [6.45, 7) is 4.79. The molecule has 0 bridgehead atoms. The van der Waals surface area contributed by atoms with E-state index >= 15 is 0 Å². The van der Waals surface area contributed by atoms with Crippen LogP contribution < -0.4 is 4.90 Å². The lowest BCUT2D eigenvalue weighted by Crippen LogP contribution is -2.78. The van der Waals surface area contributed by atoms with E-state index < -0.39 is 23.5 Å². The first-order valence-corrected chi connectivity index (χ1v) is 8.28. The van der Waals surface area contributed by atoms with E-state index in [4.69, 9.17) is 0 Å². The zero-order chi connectivity index (χ0) is 18.5. The number of hydrogen-bond acceptors (Lipinski definition) is 4. The maximum absolute atomic E-state index is 13.2. The molecule has 3 unspecified atom stereocenters. The topological polar surface area (TPSA) is 77.9 Å². The summed E-state index contributed by atoms with van der Waals surface area (Å²) in [5.41, 5.74) is -0.613. The average Bonchev–Trinajstić information content (AvgIpc) is 2.79. The molecule has 3 rings (SSSR count). The van der Waals surface area contributed by atoms with Gasteiger partial charge >= 0.3 is 0 Å². The van der Waals surface area contributed by atoms with E-state index in [1.165, 1.54) is 47.9 Å². The van der Waals surface area contributed by atoms with Crippen molar-refractivity contribution in [2.75, 3.05) is 11.4 Å². The molecule has 1 spiro atoms. The third-order valence-corrected chi connectivity index (χ3v) is 5.28. The number of Topliss-reactive ketones (excluding diaryl/α,β-unsaturated/α-hetero) is 1. The summed E-state index contributed by atoms with van der Waals surface area (Å²) < 4.78 is 13.2. The van der Waals surface area contributed by atoms with E-state index in [0.29, 0.717) is 5.69 Å². The minimum Gasteiger partial charge on any atom is -0.391 e. The Labute approximate surface area is 145 Å². The molecule has 2 aliphatic rings. The Hall–Kier alpha value is -2.28. The van der Waals surface area contributed by atoms with Crippen LogP contribution in [-0.2, 0) is 14.4 Å². The van der Waals surface area contributed by atoms with Crippen molar-refractivity contribution in [3.8, 4) is 0 Å². The highest BCUT2D eigenvalue weighted by atomic mass is 19.1. The third-order valence-electron chi connectivity index (χ3n) is 5.28. The zero-order valence-corrected chi connectivity index (χ0v) is 14.4. The van der Waals surface area contributed by atoms with E-state index in [-0.39, 0.29) is 36.5 Å². The van der Waals surface area contributed by atoms with E-state index in [9.17, 15) is 23.9 Å². The number of benzene rings is 1. The van der Waals surface area contributed by atoms with Crippen LogP contribution in [-0.4, -0.2) is 51.8 Å². The molecule has 6 nitrogen and oxygen atoms in total. The lowest BCUT2D eigenvalue weighted by atomic mass is 9.76. The molecule has 0 aromatic heterocycles. The number of anilines is 1. The summed E-state index contributed by atoms with van der Waals surface area (Å²) in [7, 11) is 0. The molecule has 0 aliphatic carbocycles. The number of nitrogens with zero attached hydrogens (tertiary/aromatic N) is 2. The molecule has 1 aromatic carbocycles. The number of ketones is 1. The minimum absolute atomic E-state index is 0.172. The van der Waals surface area contributed by atoms with Gasteiger partial charge in [0, 0.05) is 12.1 Å². The Morgan fingerprint density at radius 3 is 2.40 bits per heavy atom. The van der Waals surface area contributed by atoms with Crippen molar-refractivity contribution in [1.82, 2.24) is 4.90 Å². The van der Waals surface area contributed by atoms with Crippen LogP contribution in [0.15, 0.2) is 24.3 Å². The second-order valence-corrected chi connectivity index (χ2v) is 6.96. The number of carbonyl (C=O) groups is 3. The highest BCUT2D eigenvalue weighted by Crippen LogP contribution is 2.47. The van der Waals surface area contributed by atoms with E-state index in [1.54, 1.807) is 0 Å². The van der Waals surface area contributed by atoms with Gasteiger partial charge in [0.25, 0.3) is 5.91 Å². The predicted octanol–water partition coefficient (Wildman–Crippen LogP) is 1.12. The number of halogens is 1. The normalized spacial score (nSPS) is 28.3. The molecule has 2 saturated heterocycles. The Morgan fingerprint density at radius 1 is 1.32 bits per heavy atom. The third kappa shape index (κ3) is 2.45. The Kier molecular flexibility index (Phi) is 4.15. The lowest BCUT2D eigenvalue weighted by Gasteiger charge is -2.55. The van der Waals surface area contributed by atoms with Gasteiger partial charge in [-0.2, -0.15) is 0 Å². The molecule has 134 valence electrons. The molecule has 4 atom stereocenters. The quantitative estimate of drug-likeness (QED) is 0.827. The number of β-lactam (4-membered cyclic amide) rings is 1. The van der Waals surface area contributed by atoms with Crippen LogP contribution in [0.3, 0.4) is 0 Å². The van der Waals surface area contributed by atoms with Crippen molar-refractivity contribution in [2.24, 2.45) is 5.92 Å². The predicted molar refractivity (Wildman–Crippen MR) is 88.3 cm³/mol. The van der Waals surface area contributed by atoms with Crippen molar-refractivity contribution in [3.05, 3.63) is 30.1 Å². The molecular formula is C18H21FN2O4. The van der Waals surface area contributed by atoms with Crippen molar-refractivity contribution in [1.29, 1.82) is 0 Å². The van der Waals surface area contributed by atoms with Gasteiger partial charge in [-0.25, -0.2) is 4.39 Å². The van der Waals surface area contributed by atoms with Gasteiger partial charge in [-0.05, 0) is 44.0 Å². The van der Waals surface area contributed by atoms with E-state index in [0.717, 1.165) is 0 Å². The number of amides is 2. The number of aliphatic hydroxyl groups is 1. The summed E-state index contributed by atoms with van der Waals surface area (Å²) in [6, 6.07) is 4.51. The van der Waals surface area contributed by atoms with Gasteiger partial charge in [0.2, 0.25) is 5.91 Å². The number of aliphatic hydroxyl groups excluding tert-OH is 1. The first-order chi connectivity index (χ1) is 11.7. The van der Waals surface area contributed by atoms with Crippen molar-refractivity contribution >= 4 is 23.3 Å². The monoisotopic (exact) mass is 348 g/mol. The van der Waals surface area contributed by atoms with Gasteiger partial charge < -0.3 is 10.0 Å². The fourth-order valence-electron chi connectivity index (χ4n) is 4.06. The molecule has 7 heteroatoms. The molecule has 1 aromatic rings. The number of hydrogen-bond donors (Lipinski definition) is 1. The van der Waals surface area contributed by atoms with Crippen LogP contribution >= 0.6 is 0 Å². The number of carbonyl (C=O) groups excluding carboxylic acids is 3. The smallest absolute Gasteiger partial charge is 0.251 e. The number of likely N-dealkylation sites (tertiary alicyclic amines) is 1. The molecule has 2 aliphatic heterocycles. The number of rotatable bonds is 4. The van der Waals surface area contributed by atoms with Gasteiger partial charge in [-0.3, -0.25) is 19.3 Å². The Morgan fingerprint density at radius 2 is 1.92 bits per heavy atom. The average molecular weight is 348 g/mol. The summed E-state index contributed by atoms with van der Waals surface area (Å²) in [5, 5.41) is 9.86. The SMILES string of the molecule is CC(=O)C([C@@H](C)O)N1CC2(C1=O)C(C)CC(=O)N2c1ccc(F)cc1. The van der Waals surface area contributed by atoms with Gasteiger partial charge in [-0.1, -0.05) is 6.92 Å². The Bertz CT molecular complexity index is 733. The van der Waals surface area contributed by atoms with E-state index in [2.05, 4.69) is 0 Å². The molecule has 0 saturated carbocycles. The fourth-order valence-corrected chi connectivity index (χ4v) is 4.06. The minimum atomic E-state index is -1.07. The molecular weight excluding hydrogens is 327 g/mol. The van der Waals surface area contributed by atoms with Gasteiger partial charge in [-0.15, -0.1) is 0 Å². The van der Waals surface area contributed by atoms with Crippen molar-refractivity contribution in [3.63, 3.8) is 0 Å². The summed E-state index contributed by atoms with van der Waals surface area (Å²) in [6.07, 6.45) is -0.790.